The molecule has 5 heteroatoms. The number of nitrogen functional groups attached to an aromatic ring is 1. The van der Waals surface area contributed by atoms with Crippen LogP contribution in [-0.4, -0.2) is 12.5 Å². The molecule has 0 aliphatic carbocycles. The van der Waals surface area contributed by atoms with E-state index in [-0.39, 0.29) is 11.6 Å². The molecule has 0 aliphatic rings. The number of carbonyl (C=O) groups is 1. The van der Waals surface area contributed by atoms with Crippen LogP contribution in [0.25, 0.3) is 0 Å². The summed E-state index contributed by atoms with van der Waals surface area (Å²) in [7, 11) is 0. The van der Waals surface area contributed by atoms with E-state index >= 15 is 0 Å². The lowest BCUT2D eigenvalue weighted by atomic mass is 9.98. The fourth-order valence-electron chi connectivity index (χ4n) is 1.35. The highest BCUT2D eigenvalue weighted by molar-refractivity contribution is 5.95. The van der Waals surface area contributed by atoms with Gasteiger partial charge in [0.2, 0.25) is 0 Å². The molecule has 0 radical (unpaired) electrons. The van der Waals surface area contributed by atoms with Gasteiger partial charge in [0, 0.05) is 6.54 Å². The Balaban J connectivity index is 2.82. The molecule has 3 N–H and O–H groups in total. The van der Waals surface area contributed by atoms with Crippen LogP contribution in [-0.2, 0) is 0 Å². The van der Waals surface area contributed by atoms with E-state index in [0.717, 1.165) is 12.1 Å². The van der Waals surface area contributed by atoms with Gasteiger partial charge in [0.1, 0.15) is 11.4 Å². The first-order valence-electron chi connectivity index (χ1n) is 5.86. The molecule has 1 atom stereocenters. The van der Waals surface area contributed by atoms with Crippen LogP contribution in [0, 0.1) is 23.5 Å². The first-order chi connectivity index (χ1) is 8.34. The molecule has 1 amide bonds. The highest BCUT2D eigenvalue weighted by atomic mass is 19.1. The van der Waals surface area contributed by atoms with Gasteiger partial charge in [-0.3, -0.25) is 4.79 Å². The van der Waals surface area contributed by atoms with Crippen LogP contribution in [0.5, 0.6) is 0 Å². The number of hydrogen-bond acceptors (Lipinski definition) is 2. The summed E-state index contributed by atoms with van der Waals surface area (Å²) in [6, 6.07) is 2.08. The maximum absolute atomic E-state index is 13.6. The number of nitrogens with two attached hydrogens (primary N) is 1. The molecule has 3 nitrogen and oxygen atoms in total. The van der Waals surface area contributed by atoms with Crippen LogP contribution in [0.15, 0.2) is 12.1 Å². The van der Waals surface area contributed by atoms with Crippen LogP contribution in [0.1, 0.15) is 31.1 Å². The lowest BCUT2D eigenvalue weighted by Gasteiger charge is -2.16. The average Bonchev–Trinajstić information content (AvgIpc) is 2.31. The molecule has 0 saturated heterocycles. The molecule has 0 aromatic heterocycles. The SMILES string of the molecule is CC(C)C(C)CNC(=O)c1c(F)ccc(N)c1F. The maximum atomic E-state index is 13.6. The van der Waals surface area contributed by atoms with Crippen molar-refractivity contribution in [3.8, 4) is 0 Å². The smallest absolute Gasteiger partial charge is 0.257 e. The zero-order chi connectivity index (χ0) is 13.9. The van der Waals surface area contributed by atoms with Gasteiger partial charge in [0.15, 0.2) is 5.82 Å². The monoisotopic (exact) mass is 256 g/mol. The second-order valence-corrected chi connectivity index (χ2v) is 4.76. The Morgan fingerprint density at radius 1 is 1.33 bits per heavy atom. The zero-order valence-electron chi connectivity index (χ0n) is 10.8. The van der Waals surface area contributed by atoms with Crippen LogP contribution < -0.4 is 11.1 Å². The molecule has 0 fully saturated rings. The van der Waals surface area contributed by atoms with Gasteiger partial charge in [-0.2, -0.15) is 0 Å². The summed E-state index contributed by atoms with van der Waals surface area (Å²) in [4.78, 5) is 11.7. The van der Waals surface area contributed by atoms with E-state index in [4.69, 9.17) is 5.73 Å². The summed E-state index contributed by atoms with van der Waals surface area (Å²) in [6.45, 7) is 6.35. The normalized spacial score (nSPS) is 12.6. The molecule has 1 aromatic rings. The Kier molecular flexibility index (Phi) is 4.64. The molecular formula is C13H18F2N2O. The Morgan fingerprint density at radius 2 is 1.94 bits per heavy atom. The lowest BCUT2D eigenvalue weighted by Crippen LogP contribution is -2.31. The predicted octanol–water partition coefficient (Wildman–Crippen LogP) is 2.57. The number of halogens is 2. The topological polar surface area (TPSA) is 55.1 Å². The molecule has 0 aliphatic heterocycles. The van der Waals surface area contributed by atoms with Crippen molar-refractivity contribution in [2.24, 2.45) is 11.8 Å². The Hall–Kier alpha value is -1.65. The minimum absolute atomic E-state index is 0.223. The summed E-state index contributed by atoms with van der Waals surface area (Å²) in [5.41, 5.74) is 4.45. The molecule has 0 saturated carbocycles. The number of anilines is 1. The zero-order valence-corrected chi connectivity index (χ0v) is 10.8. The fourth-order valence-corrected chi connectivity index (χ4v) is 1.35. The van der Waals surface area contributed by atoms with E-state index in [2.05, 4.69) is 5.32 Å². The van der Waals surface area contributed by atoms with E-state index in [1.165, 1.54) is 0 Å². The third-order valence-electron chi connectivity index (χ3n) is 3.07. The third-order valence-corrected chi connectivity index (χ3v) is 3.07. The second kappa shape index (κ2) is 5.80. The third kappa shape index (κ3) is 3.18. The van der Waals surface area contributed by atoms with Crippen molar-refractivity contribution in [1.82, 2.24) is 5.32 Å². The molecular weight excluding hydrogens is 238 g/mol. The first-order valence-corrected chi connectivity index (χ1v) is 5.86. The Labute approximate surface area is 105 Å². The highest BCUT2D eigenvalue weighted by Gasteiger charge is 2.20. The van der Waals surface area contributed by atoms with Crippen molar-refractivity contribution in [2.45, 2.75) is 20.8 Å². The largest absolute Gasteiger partial charge is 0.396 e. The number of benzene rings is 1. The molecule has 0 heterocycles. The molecule has 1 rings (SSSR count). The van der Waals surface area contributed by atoms with E-state index in [1.54, 1.807) is 0 Å². The van der Waals surface area contributed by atoms with Crippen molar-refractivity contribution in [1.29, 1.82) is 0 Å². The first kappa shape index (κ1) is 14.4. The Bertz CT molecular complexity index is 447. The number of amides is 1. The van der Waals surface area contributed by atoms with Crippen LogP contribution in [0.4, 0.5) is 14.5 Å². The molecule has 1 aromatic carbocycles. The van der Waals surface area contributed by atoms with Gasteiger partial charge in [-0.1, -0.05) is 20.8 Å². The quantitative estimate of drug-likeness (QED) is 0.813. The summed E-state index contributed by atoms with van der Waals surface area (Å²) >= 11 is 0. The summed E-state index contributed by atoms with van der Waals surface area (Å²) in [5, 5.41) is 2.51. The number of carbonyl (C=O) groups excluding carboxylic acids is 1. The summed E-state index contributed by atoms with van der Waals surface area (Å²) < 4.78 is 27.0. The number of rotatable bonds is 4. The van der Waals surface area contributed by atoms with E-state index < -0.39 is 23.1 Å². The van der Waals surface area contributed by atoms with Gasteiger partial charge >= 0.3 is 0 Å². The minimum atomic E-state index is -1.01. The molecule has 0 bridgehead atoms. The number of nitrogens with one attached hydrogen (secondary N) is 1. The summed E-state index contributed by atoms with van der Waals surface area (Å²) in [6.07, 6.45) is 0. The van der Waals surface area contributed by atoms with E-state index in [0.29, 0.717) is 12.5 Å². The van der Waals surface area contributed by atoms with Gasteiger partial charge < -0.3 is 11.1 Å². The standard InChI is InChI=1S/C13H18F2N2O/c1-7(2)8(3)6-17-13(18)11-9(14)4-5-10(16)12(11)15/h4-5,7-8H,6,16H2,1-3H3,(H,17,18). The van der Waals surface area contributed by atoms with Crippen LogP contribution in [0.3, 0.4) is 0 Å². The van der Waals surface area contributed by atoms with Crippen LogP contribution >= 0.6 is 0 Å². The van der Waals surface area contributed by atoms with E-state index in [1.807, 2.05) is 20.8 Å². The molecule has 18 heavy (non-hydrogen) atoms. The minimum Gasteiger partial charge on any atom is -0.396 e. The second-order valence-electron chi connectivity index (χ2n) is 4.76. The van der Waals surface area contributed by atoms with Gasteiger partial charge in [-0.25, -0.2) is 8.78 Å². The van der Waals surface area contributed by atoms with Crippen molar-refractivity contribution in [2.75, 3.05) is 12.3 Å². The van der Waals surface area contributed by atoms with Crippen molar-refractivity contribution >= 4 is 11.6 Å². The average molecular weight is 256 g/mol. The Morgan fingerprint density at radius 3 is 2.50 bits per heavy atom. The van der Waals surface area contributed by atoms with Crippen LogP contribution in [0.2, 0.25) is 0 Å². The van der Waals surface area contributed by atoms with Gasteiger partial charge in [-0.05, 0) is 24.0 Å². The lowest BCUT2D eigenvalue weighted by molar-refractivity contribution is 0.0936. The maximum Gasteiger partial charge on any atom is 0.257 e. The van der Waals surface area contributed by atoms with Crippen molar-refractivity contribution in [3.05, 3.63) is 29.3 Å². The molecule has 1 unspecified atom stereocenters. The van der Waals surface area contributed by atoms with Gasteiger partial charge in [0.25, 0.3) is 5.91 Å². The van der Waals surface area contributed by atoms with Gasteiger partial charge in [0.05, 0.1) is 5.69 Å². The molecule has 100 valence electrons. The van der Waals surface area contributed by atoms with Crippen molar-refractivity contribution < 1.29 is 13.6 Å². The fraction of sp³-hybridized carbons (Fsp3) is 0.462. The van der Waals surface area contributed by atoms with Gasteiger partial charge in [-0.15, -0.1) is 0 Å². The summed E-state index contributed by atoms with van der Waals surface area (Å²) in [5.74, 6) is -2.09. The highest BCUT2D eigenvalue weighted by Crippen LogP contribution is 2.18. The predicted molar refractivity (Wildman–Crippen MR) is 67.1 cm³/mol. The van der Waals surface area contributed by atoms with E-state index in [9.17, 15) is 13.6 Å². The molecule has 0 spiro atoms. The van der Waals surface area contributed by atoms with Crippen molar-refractivity contribution in [3.63, 3.8) is 0 Å². The number of hydrogen-bond donors (Lipinski definition) is 2.